The maximum atomic E-state index is 13.1. The van der Waals surface area contributed by atoms with Crippen molar-refractivity contribution in [3.05, 3.63) is 101 Å². The third-order valence-corrected chi connectivity index (χ3v) is 6.71. The van der Waals surface area contributed by atoms with Crippen LogP contribution in [0.1, 0.15) is 35.4 Å². The molecule has 6 nitrogen and oxygen atoms in total. The highest BCUT2D eigenvalue weighted by atomic mass is 32.2. The molecule has 0 atom stereocenters. The lowest BCUT2D eigenvalue weighted by Crippen LogP contribution is -2.22. The molecule has 0 aliphatic carbocycles. The molecule has 4 rings (SSSR count). The highest BCUT2D eigenvalue weighted by Crippen LogP contribution is 2.27. The predicted octanol–water partition coefficient (Wildman–Crippen LogP) is 5.65. The minimum atomic E-state index is -0.290. The molecule has 0 aliphatic rings. The quantitative estimate of drug-likeness (QED) is 0.267. The molecule has 0 spiro atoms. The second kappa shape index (κ2) is 12.4. The number of ether oxygens (including phenoxy) is 1. The van der Waals surface area contributed by atoms with Gasteiger partial charge in [0, 0.05) is 31.2 Å². The summed E-state index contributed by atoms with van der Waals surface area (Å²) in [6.45, 7) is 2.45. The second-order valence-corrected chi connectivity index (χ2v) is 9.41. The van der Waals surface area contributed by atoms with E-state index < -0.39 is 0 Å². The van der Waals surface area contributed by atoms with Gasteiger partial charge in [0.05, 0.1) is 12.8 Å². The van der Waals surface area contributed by atoms with E-state index in [1.165, 1.54) is 23.3 Å². The van der Waals surface area contributed by atoms with Crippen LogP contribution in [-0.4, -0.2) is 27.8 Å². The van der Waals surface area contributed by atoms with Crippen LogP contribution < -0.4 is 10.1 Å². The van der Waals surface area contributed by atoms with E-state index in [-0.39, 0.29) is 11.7 Å². The summed E-state index contributed by atoms with van der Waals surface area (Å²) >= 11 is 1.62. The van der Waals surface area contributed by atoms with Crippen LogP contribution >= 0.6 is 11.8 Å². The Labute approximate surface area is 214 Å². The van der Waals surface area contributed by atoms with Crippen molar-refractivity contribution in [2.45, 2.75) is 43.6 Å². The van der Waals surface area contributed by atoms with Gasteiger partial charge in [-0.1, -0.05) is 59.8 Å². The highest BCUT2D eigenvalue weighted by molar-refractivity contribution is 7.98. The van der Waals surface area contributed by atoms with Gasteiger partial charge in [0.2, 0.25) is 5.91 Å². The van der Waals surface area contributed by atoms with Crippen LogP contribution in [0.15, 0.2) is 78.0 Å². The van der Waals surface area contributed by atoms with Gasteiger partial charge in [0.15, 0.2) is 5.16 Å². The molecule has 186 valence electrons. The molecule has 0 fully saturated rings. The number of nitrogens with one attached hydrogen (secondary N) is 1. The number of thioether (sulfide) groups is 1. The van der Waals surface area contributed by atoms with E-state index in [1.54, 1.807) is 31.0 Å². The molecule has 1 aromatic heterocycles. The molecule has 0 bridgehead atoms. The van der Waals surface area contributed by atoms with Gasteiger partial charge in [-0.2, -0.15) is 0 Å². The van der Waals surface area contributed by atoms with Crippen LogP contribution in [0.25, 0.3) is 5.69 Å². The van der Waals surface area contributed by atoms with Crippen LogP contribution in [0, 0.1) is 12.7 Å². The van der Waals surface area contributed by atoms with Gasteiger partial charge in [0.25, 0.3) is 0 Å². The molecule has 0 aliphatic heterocycles. The zero-order valence-electron chi connectivity index (χ0n) is 20.4. The lowest BCUT2D eigenvalue weighted by molar-refractivity contribution is -0.121. The van der Waals surface area contributed by atoms with Crippen LogP contribution in [-0.2, 0) is 23.5 Å². The number of rotatable bonds is 11. The van der Waals surface area contributed by atoms with E-state index in [9.17, 15) is 9.18 Å². The Balaban J connectivity index is 1.42. The van der Waals surface area contributed by atoms with E-state index in [1.807, 2.05) is 28.8 Å². The van der Waals surface area contributed by atoms with E-state index in [0.717, 1.165) is 33.7 Å². The highest BCUT2D eigenvalue weighted by Gasteiger charge is 2.16. The molecule has 1 N–H and O–H groups in total. The fourth-order valence-electron chi connectivity index (χ4n) is 3.70. The summed E-state index contributed by atoms with van der Waals surface area (Å²) in [5, 5.41) is 12.6. The van der Waals surface area contributed by atoms with Gasteiger partial charge in [0.1, 0.15) is 17.4 Å². The average Bonchev–Trinajstić information content (AvgIpc) is 3.30. The number of carbonyl (C=O) groups is 1. The van der Waals surface area contributed by atoms with Crippen molar-refractivity contribution in [3.8, 4) is 11.4 Å². The number of hydrogen-bond donors (Lipinski definition) is 1. The first-order valence-electron chi connectivity index (χ1n) is 11.8. The smallest absolute Gasteiger partial charge is 0.220 e. The number of amides is 1. The summed E-state index contributed by atoms with van der Waals surface area (Å²) in [5.74, 6) is 1.97. The molecule has 0 radical (unpaired) electrons. The zero-order valence-corrected chi connectivity index (χ0v) is 21.2. The van der Waals surface area contributed by atoms with Crippen molar-refractivity contribution in [2.75, 3.05) is 7.11 Å². The minimum absolute atomic E-state index is 0.0549. The first-order valence-corrected chi connectivity index (χ1v) is 12.8. The first-order chi connectivity index (χ1) is 17.5. The predicted molar refractivity (Wildman–Crippen MR) is 140 cm³/mol. The van der Waals surface area contributed by atoms with E-state index in [4.69, 9.17) is 4.74 Å². The Bertz CT molecular complexity index is 1290. The average molecular weight is 505 g/mol. The number of methoxy groups -OCH3 is 1. The van der Waals surface area contributed by atoms with Crippen LogP contribution in [0.3, 0.4) is 0 Å². The molecule has 0 saturated heterocycles. The number of aromatic nitrogens is 3. The fraction of sp³-hybridized carbons (Fsp3) is 0.250. The number of aryl methyl sites for hydroxylation is 2. The van der Waals surface area contributed by atoms with Gasteiger partial charge in [-0.15, -0.1) is 10.2 Å². The van der Waals surface area contributed by atoms with E-state index in [2.05, 4.69) is 46.7 Å². The zero-order chi connectivity index (χ0) is 25.3. The fourth-order valence-corrected chi connectivity index (χ4v) is 4.62. The molecule has 0 saturated carbocycles. The Morgan fingerprint density at radius 2 is 1.78 bits per heavy atom. The third-order valence-electron chi connectivity index (χ3n) is 5.71. The van der Waals surface area contributed by atoms with Crippen molar-refractivity contribution in [3.63, 3.8) is 0 Å². The third kappa shape index (κ3) is 6.95. The maximum Gasteiger partial charge on any atom is 0.220 e. The van der Waals surface area contributed by atoms with Crippen LogP contribution in [0.4, 0.5) is 4.39 Å². The Hall–Kier alpha value is -3.65. The minimum Gasteiger partial charge on any atom is -0.497 e. The Kier molecular flexibility index (Phi) is 8.73. The molecular formula is C28H29FN4O2S. The molecule has 4 aromatic rings. The monoisotopic (exact) mass is 504 g/mol. The summed E-state index contributed by atoms with van der Waals surface area (Å²) in [6, 6.07) is 22.4. The Morgan fingerprint density at radius 3 is 2.53 bits per heavy atom. The van der Waals surface area contributed by atoms with Gasteiger partial charge in [-0.3, -0.25) is 9.36 Å². The molecule has 1 heterocycles. The summed E-state index contributed by atoms with van der Waals surface area (Å²) in [6.07, 6.45) is 1.58. The van der Waals surface area contributed by atoms with Crippen molar-refractivity contribution >= 4 is 17.7 Å². The molecule has 1 amide bonds. The second-order valence-electron chi connectivity index (χ2n) is 8.47. The first kappa shape index (κ1) is 25.4. The van der Waals surface area contributed by atoms with Crippen LogP contribution in [0.5, 0.6) is 5.75 Å². The number of benzene rings is 3. The van der Waals surface area contributed by atoms with Gasteiger partial charge < -0.3 is 10.1 Å². The SMILES string of the molecule is COc1cccc(-n2c(CCCC(=O)NCc3ccc(F)cc3)nnc2SCc2ccc(C)cc2)c1. The Morgan fingerprint density at radius 1 is 1.03 bits per heavy atom. The number of hydrogen-bond acceptors (Lipinski definition) is 5. The molecule has 36 heavy (non-hydrogen) atoms. The lowest BCUT2D eigenvalue weighted by atomic mass is 10.2. The van der Waals surface area contributed by atoms with E-state index >= 15 is 0 Å². The largest absolute Gasteiger partial charge is 0.497 e. The molecule has 0 unspecified atom stereocenters. The van der Waals surface area contributed by atoms with Crippen molar-refractivity contribution in [1.29, 1.82) is 0 Å². The maximum absolute atomic E-state index is 13.1. The number of halogens is 1. The summed E-state index contributed by atoms with van der Waals surface area (Å²) < 4.78 is 20.5. The summed E-state index contributed by atoms with van der Waals surface area (Å²) in [7, 11) is 1.64. The number of nitrogens with zero attached hydrogens (tertiary/aromatic N) is 3. The topological polar surface area (TPSA) is 69.0 Å². The molecular weight excluding hydrogens is 475 g/mol. The van der Waals surface area contributed by atoms with Gasteiger partial charge >= 0.3 is 0 Å². The summed E-state index contributed by atoms with van der Waals surface area (Å²) in [4.78, 5) is 12.4. The number of carbonyl (C=O) groups excluding carboxylic acids is 1. The van der Waals surface area contributed by atoms with Crippen LogP contribution in [0.2, 0.25) is 0 Å². The summed E-state index contributed by atoms with van der Waals surface area (Å²) in [5.41, 5.74) is 4.22. The normalized spacial score (nSPS) is 10.9. The van der Waals surface area contributed by atoms with Crippen molar-refractivity contribution < 1.29 is 13.9 Å². The van der Waals surface area contributed by atoms with Gasteiger partial charge in [-0.05, 0) is 48.7 Å². The standard InChI is InChI=1S/C28H29FN4O2S/c1-20-9-11-22(12-10-20)19-36-28-32-31-26(33(28)24-5-3-6-25(17-24)35-2)7-4-8-27(34)30-18-21-13-15-23(29)16-14-21/h3,5-6,9-17H,4,7-8,18-19H2,1-2H3,(H,30,34). The van der Waals surface area contributed by atoms with Crippen molar-refractivity contribution in [1.82, 2.24) is 20.1 Å². The lowest BCUT2D eigenvalue weighted by Gasteiger charge is -2.12. The van der Waals surface area contributed by atoms with Gasteiger partial charge in [-0.25, -0.2) is 4.39 Å². The molecule has 8 heteroatoms. The van der Waals surface area contributed by atoms with Crippen molar-refractivity contribution in [2.24, 2.45) is 0 Å². The van der Waals surface area contributed by atoms with E-state index in [0.29, 0.717) is 25.8 Å². The molecule has 3 aromatic carbocycles.